The molecule has 0 aliphatic rings. The van der Waals surface area contributed by atoms with Crippen molar-refractivity contribution in [1.82, 2.24) is 25.5 Å². The van der Waals surface area contributed by atoms with Crippen LogP contribution in [0.4, 0.5) is 0 Å². The highest BCUT2D eigenvalue weighted by Gasteiger charge is 2.20. The van der Waals surface area contributed by atoms with Gasteiger partial charge in [0.1, 0.15) is 6.54 Å². The van der Waals surface area contributed by atoms with E-state index >= 15 is 0 Å². The van der Waals surface area contributed by atoms with Gasteiger partial charge in [-0.2, -0.15) is 5.21 Å². The number of nitrogens with one attached hydrogen (secondary N) is 1. The van der Waals surface area contributed by atoms with Crippen molar-refractivity contribution in [2.75, 3.05) is 20.2 Å². The second-order valence-corrected chi connectivity index (χ2v) is 2.63. The number of hydrogen-bond donors (Lipinski definition) is 1. The van der Waals surface area contributed by atoms with E-state index in [0.29, 0.717) is 6.54 Å². The molecule has 1 aromatic heterocycles. The van der Waals surface area contributed by atoms with Crippen molar-refractivity contribution >= 4 is 11.9 Å². The van der Waals surface area contributed by atoms with Crippen LogP contribution in [0.2, 0.25) is 0 Å². The summed E-state index contributed by atoms with van der Waals surface area (Å²) in [5.74, 6) is -1.02. The van der Waals surface area contributed by atoms with Crippen molar-refractivity contribution in [2.24, 2.45) is 0 Å². The van der Waals surface area contributed by atoms with Crippen LogP contribution >= 0.6 is 0 Å². The molecule has 8 heteroatoms. The van der Waals surface area contributed by atoms with Crippen LogP contribution in [0, 0.1) is 0 Å². The van der Waals surface area contributed by atoms with Crippen LogP contribution in [0.25, 0.3) is 0 Å². The fourth-order valence-electron chi connectivity index (χ4n) is 0.941. The fraction of sp³-hybridized carbons (Fsp3) is 0.571. The van der Waals surface area contributed by atoms with Crippen LogP contribution in [0.3, 0.4) is 0 Å². The number of rotatable bonds is 4. The molecule has 1 rings (SSSR count). The molecule has 0 aliphatic carbocycles. The number of methoxy groups -OCH3 is 1. The van der Waals surface area contributed by atoms with E-state index in [1.807, 2.05) is 0 Å². The summed E-state index contributed by atoms with van der Waals surface area (Å²) in [4.78, 5) is 23.9. The number of nitrogens with zero attached hydrogens (tertiary/aromatic N) is 4. The first kappa shape index (κ1) is 11.1. The molecule has 0 saturated heterocycles. The van der Waals surface area contributed by atoms with Gasteiger partial charge in [-0.25, -0.2) is 0 Å². The number of aromatic nitrogens is 4. The average molecular weight is 213 g/mol. The Morgan fingerprint density at radius 1 is 1.53 bits per heavy atom. The number of tetrazole rings is 1. The number of ether oxygens (including phenoxy) is 1. The standard InChI is InChI=1S/C7H11N5O3/c1-3-12(4-5(13)15-2)7(14)6-8-10-11-9-6/h3-4H2,1-2H3,(H,8,9,10,11). The zero-order valence-electron chi connectivity index (χ0n) is 8.43. The molecule has 0 aliphatic heterocycles. The average Bonchev–Trinajstić information content (AvgIpc) is 2.77. The van der Waals surface area contributed by atoms with E-state index in [4.69, 9.17) is 0 Å². The molecule has 0 unspecified atom stereocenters. The van der Waals surface area contributed by atoms with E-state index < -0.39 is 11.9 Å². The molecule has 0 atom stereocenters. The fourth-order valence-corrected chi connectivity index (χ4v) is 0.941. The minimum Gasteiger partial charge on any atom is -0.468 e. The first-order chi connectivity index (χ1) is 7.19. The predicted octanol–water partition coefficient (Wildman–Crippen LogP) is -1.17. The van der Waals surface area contributed by atoms with Crippen molar-refractivity contribution in [3.05, 3.63) is 5.82 Å². The lowest BCUT2D eigenvalue weighted by Crippen LogP contribution is -2.36. The summed E-state index contributed by atoms with van der Waals surface area (Å²) in [5.41, 5.74) is 0. The van der Waals surface area contributed by atoms with E-state index in [9.17, 15) is 9.59 Å². The Balaban J connectivity index is 2.67. The van der Waals surface area contributed by atoms with Crippen molar-refractivity contribution < 1.29 is 14.3 Å². The number of esters is 1. The number of H-pyrrole nitrogens is 1. The maximum Gasteiger partial charge on any atom is 0.325 e. The molecule has 0 fully saturated rings. The van der Waals surface area contributed by atoms with Crippen molar-refractivity contribution in [1.29, 1.82) is 0 Å². The first-order valence-corrected chi connectivity index (χ1v) is 4.28. The second-order valence-electron chi connectivity index (χ2n) is 2.63. The molecule has 1 heterocycles. The van der Waals surface area contributed by atoms with Gasteiger partial charge < -0.3 is 9.64 Å². The monoisotopic (exact) mass is 213 g/mol. The Morgan fingerprint density at radius 3 is 2.73 bits per heavy atom. The molecular formula is C7H11N5O3. The topological polar surface area (TPSA) is 101 Å². The maximum atomic E-state index is 11.6. The van der Waals surface area contributed by atoms with Gasteiger partial charge in [0.2, 0.25) is 0 Å². The van der Waals surface area contributed by atoms with Crippen molar-refractivity contribution in [3.8, 4) is 0 Å². The van der Waals surface area contributed by atoms with Gasteiger partial charge in [0.15, 0.2) is 0 Å². The number of amides is 1. The Bertz CT molecular complexity index is 336. The summed E-state index contributed by atoms with van der Waals surface area (Å²) in [6, 6.07) is 0. The second kappa shape index (κ2) is 5.03. The summed E-state index contributed by atoms with van der Waals surface area (Å²) >= 11 is 0. The quantitative estimate of drug-likeness (QED) is 0.633. The molecule has 1 aromatic rings. The summed E-state index contributed by atoms with van der Waals surface area (Å²) in [5, 5.41) is 12.5. The Morgan fingerprint density at radius 2 is 2.27 bits per heavy atom. The van der Waals surface area contributed by atoms with Crippen molar-refractivity contribution in [3.63, 3.8) is 0 Å². The van der Waals surface area contributed by atoms with E-state index in [-0.39, 0.29) is 12.4 Å². The van der Waals surface area contributed by atoms with Gasteiger partial charge in [-0.1, -0.05) is 0 Å². The molecular weight excluding hydrogens is 202 g/mol. The SMILES string of the molecule is CCN(CC(=O)OC)C(=O)c1nn[nH]n1. The lowest BCUT2D eigenvalue weighted by atomic mass is 10.4. The van der Waals surface area contributed by atoms with Gasteiger partial charge in [-0.05, 0) is 12.1 Å². The Kier molecular flexibility index (Phi) is 3.72. The van der Waals surface area contributed by atoms with Crippen LogP contribution in [0.15, 0.2) is 0 Å². The molecule has 0 radical (unpaired) electrons. The number of hydrogen-bond acceptors (Lipinski definition) is 6. The number of likely N-dealkylation sites (N-methyl/N-ethyl adjacent to an activating group) is 1. The summed E-state index contributed by atoms with van der Waals surface area (Å²) in [7, 11) is 1.26. The van der Waals surface area contributed by atoms with Crippen LogP contribution in [0.1, 0.15) is 17.5 Å². The molecule has 8 nitrogen and oxygen atoms in total. The Labute approximate surface area is 85.6 Å². The zero-order chi connectivity index (χ0) is 11.3. The van der Waals surface area contributed by atoms with Gasteiger partial charge in [0.25, 0.3) is 11.7 Å². The van der Waals surface area contributed by atoms with E-state index in [2.05, 4.69) is 25.4 Å². The first-order valence-electron chi connectivity index (χ1n) is 4.28. The van der Waals surface area contributed by atoms with Gasteiger partial charge in [0.05, 0.1) is 7.11 Å². The zero-order valence-corrected chi connectivity index (χ0v) is 8.43. The highest BCUT2D eigenvalue weighted by atomic mass is 16.5. The highest BCUT2D eigenvalue weighted by molar-refractivity contribution is 5.92. The van der Waals surface area contributed by atoms with Crippen LogP contribution in [0.5, 0.6) is 0 Å². The predicted molar refractivity (Wildman–Crippen MR) is 47.8 cm³/mol. The van der Waals surface area contributed by atoms with Crippen LogP contribution in [-0.2, 0) is 9.53 Å². The molecule has 82 valence electrons. The van der Waals surface area contributed by atoms with Gasteiger partial charge in [0, 0.05) is 6.54 Å². The molecule has 15 heavy (non-hydrogen) atoms. The number of carbonyl (C=O) groups excluding carboxylic acids is 2. The van der Waals surface area contributed by atoms with E-state index in [0.717, 1.165) is 0 Å². The van der Waals surface area contributed by atoms with E-state index in [1.165, 1.54) is 12.0 Å². The summed E-state index contributed by atoms with van der Waals surface area (Å²) in [6.07, 6.45) is 0. The lowest BCUT2D eigenvalue weighted by molar-refractivity contribution is -0.141. The summed E-state index contributed by atoms with van der Waals surface area (Å²) < 4.78 is 4.45. The largest absolute Gasteiger partial charge is 0.468 e. The van der Waals surface area contributed by atoms with Gasteiger partial charge in [-0.15, -0.1) is 10.2 Å². The molecule has 1 amide bonds. The van der Waals surface area contributed by atoms with Crippen LogP contribution in [-0.4, -0.2) is 57.6 Å². The molecule has 0 saturated carbocycles. The number of aromatic amines is 1. The van der Waals surface area contributed by atoms with Crippen molar-refractivity contribution in [2.45, 2.75) is 6.92 Å². The third kappa shape index (κ3) is 2.73. The van der Waals surface area contributed by atoms with Gasteiger partial charge in [-0.3, -0.25) is 9.59 Å². The molecule has 1 N–H and O–H groups in total. The third-order valence-electron chi connectivity index (χ3n) is 1.75. The lowest BCUT2D eigenvalue weighted by Gasteiger charge is -2.16. The smallest absolute Gasteiger partial charge is 0.325 e. The van der Waals surface area contributed by atoms with E-state index in [1.54, 1.807) is 6.92 Å². The minimum absolute atomic E-state index is 0.0687. The highest BCUT2D eigenvalue weighted by Crippen LogP contribution is 1.97. The van der Waals surface area contributed by atoms with Crippen LogP contribution < -0.4 is 0 Å². The Hall–Kier alpha value is -1.99. The number of carbonyl (C=O) groups is 2. The molecule has 0 aromatic carbocycles. The molecule has 0 spiro atoms. The molecule has 0 bridgehead atoms. The van der Waals surface area contributed by atoms with Gasteiger partial charge >= 0.3 is 5.97 Å². The summed E-state index contributed by atoms with van der Waals surface area (Å²) in [6.45, 7) is 1.98. The normalized spacial score (nSPS) is 9.73. The maximum absolute atomic E-state index is 11.6. The third-order valence-corrected chi connectivity index (χ3v) is 1.75. The minimum atomic E-state index is -0.492.